The Morgan fingerprint density at radius 3 is 2.62 bits per heavy atom. The number of benzene rings is 1. The van der Waals surface area contributed by atoms with Crippen LogP contribution in [0.15, 0.2) is 24.3 Å². The third-order valence-electron chi connectivity index (χ3n) is 5.13. The molecule has 4 N–H and O–H groups in total. The Kier molecular flexibility index (Phi) is 5.67. The van der Waals surface area contributed by atoms with Gasteiger partial charge in [-0.1, -0.05) is 0 Å². The van der Waals surface area contributed by atoms with Crippen LogP contribution >= 0.6 is 11.3 Å². The standard InChI is InChI=1S/C20H16F5N3O3S/c21-8-5-10-9(1-4-15(30)27-18-12(29)7-26-19(18)31)17(28-16(10)11(22)6-8)13-2-3-14(32-13)20(23,24)25/h2-3,5-6,12,18,28-29H,1,4,7H2,(H,26,31)(H,27,30). The number of nitrogens with one attached hydrogen (secondary N) is 3. The SMILES string of the molecule is O=C(CCc1c(-c2ccc(C(F)(F)F)s2)[nH]c2c(F)cc(F)cc12)NC1C(=O)NCC1O. The Balaban J connectivity index is 1.66. The molecule has 2 atom stereocenters. The van der Waals surface area contributed by atoms with E-state index in [0.29, 0.717) is 17.4 Å². The van der Waals surface area contributed by atoms with Crippen molar-refractivity contribution in [2.24, 2.45) is 0 Å². The zero-order chi connectivity index (χ0) is 23.2. The normalized spacial score (nSPS) is 18.9. The topological polar surface area (TPSA) is 94.2 Å². The highest BCUT2D eigenvalue weighted by molar-refractivity contribution is 7.15. The second-order valence-electron chi connectivity index (χ2n) is 7.31. The minimum absolute atomic E-state index is 0.00511. The minimum atomic E-state index is -4.56. The minimum Gasteiger partial charge on any atom is -0.389 e. The fourth-order valence-electron chi connectivity index (χ4n) is 3.62. The first-order valence-electron chi connectivity index (χ1n) is 9.46. The number of β-amino-alcohol motifs (C(OH)–C–C–N with tert-alkyl or cyclic N) is 1. The van der Waals surface area contributed by atoms with E-state index in [0.717, 1.165) is 12.1 Å². The molecular formula is C20H16F5N3O3S. The number of hydrogen-bond donors (Lipinski definition) is 4. The number of aryl methyl sites for hydroxylation is 1. The van der Waals surface area contributed by atoms with Crippen molar-refractivity contribution < 1.29 is 36.6 Å². The largest absolute Gasteiger partial charge is 0.425 e. The number of amides is 2. The molecule has 1 fully saturated rings. The number of alkyl halides is 3. The first-order chi connectivity index (χ1) is 15.0. The molecule has 1 aromatic carbocycles. The fourth-order valence-corrected chi connectivity index (χ4v) is 4.52. The average Bonchev–Trinajstić information content (AvgIpc) is 3.40. The Morgan fingerprint density at radius 2 is 2.00 bits per heavy atom. The van der Waals surface area contributed by atoms with Gasteiger partial charge in [0.1, 0.15) is 28.7 Å². The van der Waals surface area contributed by atoms with Gasteiger partial charge < -0.3 is 20.7 Å². The molecular weight excluding hydrogens is 457 g/mol. The fraction of sp³-hybridized carbons (Fsp3) is 0.300. The molecule has 1 aliphatic rings. The summed E-state index contributed by atoms with van der Waals surface area (Å²) in [6.07, 6.45) is -5.96. The van der Waals surface area contributed by atoms with Crippen molar-refractivity contribution in [2.75, 3.05) is 6.54 Å². The molecule has 1 aliphatic heterocycles. The lowest BCUT2D eigenvalue weighted by Gasteiger charge is -2.13. The van der Waals surface area contributed by atoms with Crippen LogP contribution in [0.3, 0.4) is 0 Å². The van der Waals surface area contributed by atoms with E-state index >= 15 is 0 Å². The quantitative estimate of drug-likeness (QED) is 0.429. The Morgan fingerprint density at radius 1 is 1.25 bits per heavy atom. The van der Waals surface area contributed by atoms with Gasteiger partial charge in [-0.15, -0.1) is 11.3 Å². The molecule has 4 rings (SSSR count). The number of halogens is 5. The second kappa shape index (κ2) is 8.17. The van der Waals surface area contributed by atoms with Gasteiger partial charge in [0.2, 0.25) is 11.8 Å². The van der Waals surface area contributed by atoms with E-state index in [9.17, 15) is 36.6 Å². The molecule has 2 amide bonds. The number of aromatic amines is 1. The summed E-state index contributed by atoms with van der Waals surface area (Å²) in [7, 11) is 0. The summed E-state index contributed by atoms with van der Waals surface area (Å²) in [5.74, 6) is -2.94. The molecule has 0 spiro atoms. The highest BCUT2D eigenvalue weighted by Crippen LogP contribution is 2.41. The molecule has 6 nitrogen and oxygen atoms in total. The third kappa shape index (κ3) is 4.19. The molecule has 3 aromatic rings. The zero-order valence-electron chi connectivity index (χ0n) is 16.1. The monoisotopic (exact) mass is 473 g/mol. The van der Waals surface area contributed by atoms with Crippen molar-refractivity contribution in [3.63, 3.8) is 0 Å². The lowest BCUT2D eigenvalue weighted by molar-refractivity contribution is -0.134. The summed E-state index contributed by atoms with van der Waals surface area (Å²) in [4.78, 5) is 26.0. The number of aliphatic hydroxyl groups excluding tert-OH is 1. The van der Waals surface area contributed by atoms with Gasteiger partial charge in [0, 0.05) is 24.4 Å². The van der Waals surface area contributed by atoms with Crippen molar-refractivity contribution in [2.45, 2.75) is 31.2 Å². The Bertz CT molecular complexity index is 1200. The molecule has 32 heavy (non-hydrogen) atoms. The number of rotatable bonds is 5. The van der Waals surface area contributed by atoms with Crippen LogP contribution in [0, 0.1) is 11.6 Å². The van der Waals surface area contributed by atoms with E-state index in [4.69, 9.17) is 0 Å². The molecule has 0 saturated carbocycles. The van der Waals surface area contributed by atoms with E-state index in [1.54, 1.807) is 0 Å². The Labute approximate surface area is 181 Å². The molecule has 2 unspecified atom stereocenters. The van der Waals surface area contributed by atoms with Crippen LogP contribution in [0.4, 0.5) is 22.0 Å². The van der Waals surface area contributed by atoms with Crippen LogP contribution in [0.5, 0.6) is 0 Å². The van der Waals surface area contributed by atoms with E-state index in [2.05, 4.69) is 15.6 Å². The predicted octanol–water partition coefficient (Wildman–Crippen LogP) is 3.10. The van der Waals surface area contributed by atoms with Gasteiger partial charge >= 0.3 is 6.18 Å². The summed E-state index contributed by atoms with van der Waals surface area (Å²) in [5.41, 5.74) is 0.321. The van der Waals surface area contributed by atoms with E-state index in [1.165, 1.54) is 6.07 Å². The first-order valence-corrected chi connectivity index (χ1v) is 10.3. The van der Waals surface area contributed by atoms with Gasteiger partial charge in [-0.3, -0.25) is 9.59 Å². The maximum atomic E-state index is 14.3. The van der Waals surface area contributed by atoms with Crippen LogP contribution in [0.2, 0.25) is 0 Å². The molecule has 0 radical (unpaired) electrons. The van der Waals surface area contributed by atoms with Crippen molar-refractivity contribution in [1.29, 1.82) is 0 Å². The van der Waals surface area contributed by atoms with Gasteiger partial charge in [0.25, 0.3) is 0 Å². The third-order valence-corrected chi connectivity index (χ3v) is 6.28. The number of aliphatic hydroxyl groups is 1. The zero-order valence-corrected chi connectivity index (χ0v) is 17.0. The van der Waals surface area contributed by atoms with E-state index in [-0.39, 0.29) is 46.4 Å². The smallest absolute Gasteiger partial charge is 0.389 e. The first kappa shape index (κ1) is 22.2. The van der Waals surface area contributed by atoms with Crippen LogP contribution < -0.4 is 10.6 Å². The van der Waals surface area contributed by atoms with Crippen molar-refractivity contribution in [3.05, 3.63) is 46.3 Å². The van der Waals surface area contributed by atoms with Gasteiger partial charge in [-0.05, 0) is 30.2 Å². The average molecular weight is 473 g/mol. The van der Waals surface area contributed by atoms with Crippen molar-refractivity contribution in [3.8, 4) is 10.6 Å². The maximum absolute atomic E-state index is 14.3. The number of aromatic nitrogens is 1. The van der Waals surface area contributed by atoms with Crippen LogP contribution in [0.1, 0.15) is 16.9 Å². The summed E-state index contributed by atoms with van der Waals surface area (Å²) in [5, 5.41) is 14.6. The van der Waals surface area contributed by atoms with E-state index < -0.39 is 46.6 Å². The number of H-pyrrole nitrogens is 1. The lowest BCUT2D eigenvalue weighted by Crippen LogP contribution is -2.45. The Hall–Kier alpha value is -2.99. The van der Waals surface area contributed by atoms with Crippen molar-refractivity contribution in [1.82, 2.24) is 15.6 Å². The van der Waals surface area contributed by atoms with Crippen LogP contribution in [-0.2, 0) is 22.2 Å². The second-order valence-corrected chi connectivity index (χ2v) is 8.39. The number of carbonyl (C=O) groups excluding carboxylic acids is 2. The maximum Gasteiger partial charge on any atom is 0.425 e. The van der Waals surface area contributed by atoms with E-state index in [1.807, 2.05) is 0 Å². The summed E-state index contributed by atoms with van der Waals surface area (Å²) in [6.45, 7) is -0.00511. The summed E-state index contributed by atoms with van der Waals surface area (Å²) in [6, 6.07) is 2.67. The number of carbonyl (C=O) groups is 2. The van der Waals surface area contributed by atoms with Gasteiger partial charge in [0.15, 0.2) is 0 Å². The highest BCUT2D eigenvalue weighted by Gasteiger charge is 2.35. The predicted molar refractivity (Wildman–Crippen MR) is 106 cm³/mol. The van der Waals surface area contributed by atoms with Crippen LogP contribution in [0.25, 0.3) is 21.5 Å². The highest BCUT2D eigenvalue weighted by atomic mass is 32.1. The van der Waals surface area contributed by atoms with Crippen molar-refractivity contribution >= 4 is 34.1 Å². The van der Waals surface area contributed by atoms with Crippen LogP contribution in [-0.4, -0.2) is 40.6 Å². The van der Waals surface area contributed by atoms with Gasteiger partial charge in [-0.25, -0.2) is 8.78 Å². The van der Waals surface area contributed by atoms with Gasteiger partial charge in [0.05, 0.1) is 16.1 Å². The molecule has 12 heteroatoms. The summed E-state index contributed by atoms with van der Waals surface area (Å²) >= 11 is 0.434. The lowest BCUT2D eigenvalue weighted by atomic mass is 10.0. The molecule has 1 saturated heterocycles. The summed E-state index contributed by atoms with van der Waals surface area (Å²) < 4.78 is 67.3. The molecule has 2 aromatic heterocycles. The number of hydrogen-bond acceptors (Lipinski definition) is 4. The molecule has 0 bridgehead atoms. The van der Waals surface area contributed by atoms with Gasteiger partial charge in [-0.2, -0.15) is 13.2 Å². The number of thiophene rings is 1. The molecule has 170 valence electrons. The molecule has 3 heterocycles. The molecule has 0 aliphatic carbocycles. The number of fused-ring (bicyclic) bond motifs is 1.